The van der Waals surface area contributed by atoms with Crippen molar-refractivity contribution < 1.29 is 0 Å². The van der Waals surface area contributed by atoms with Crippen molar-refractivity contribution in [2.24, 2.45) is 5.73 Å². The normalized spacial score (nSPS) is 19.6. The van der Waals surface area contributed by atoms with Crippen LogP contribution in [0, 0.1) is 25.2 Å². The van der Waals surface area contributed by atoms with Gasteiger partial charge in [-0.3, -0.25) is 4.90 Å². The molecule has 2 aromatic carbocycles. The lowest BCUT2D eigenvalue weighted by Crippen LogP contribution is -2.50. The summed E-state index contributed by atoms with van der Waals surface area (Å²) >= 11 is 0. The Hall–Kier alpha value is -3.21. The number of nitrogens with zero attached hydrogens (tertiary/aromatic N) is 5. The molecule has 2 fully saturated rings. The molecule has 0 bridgehead atoms. The van der Waals surface area contributed by atoms with E-state index in [0.29, 0.717) is 17.4 Å². The Labute approximate surface area is 188 Å². The number of hydrogen-bond donors (Lipinski definition) is 2. The lowest BCUT2D eigenvalue weighted by Gasteiger charge is -2.39. The number of hydrogen-bond acceptors (Lipinski definition) is 7. The standard InChI is InChI=1S/C25H29N7/c1-16-18(14-26)5-3-7-21(16)24(27)28-25-23-13-19(8-9-22(23)17(2)29-30-25)32-12-11-31-10-4-6-20(31)15-32/h3,5,7-9,13,20,24H,4,6,10-12,15,27H2,1-2H3,(H,28,30)/t20-,24+/m1/s1. The zero-order valence-corrected chi connectivity index (χ0v) is 18.7. The van der Waals surface area contributed by atoms with Gasteiger partial charge in [-0.25, -0.2) is 0 Å². The van der Waals surface area contributed by atoms with E-state index in [1.54, 1.807) is 0 Å². The Bertz CT molecular complexity index is 1200. The predicted octanol–water partition coefficient (Wildman–Crippen LogP) is 3.47. The molecule has 3 N–H and O–H groups in total. The molecule has 0 saturated carbocycles. The molecule has 2 saturated heterocycles. The van der Waals surface area contributed by atoms with Gasteiger partial charge in [-0.15, -0.1) is 5.10 Å². The SMILES string of the molecule is Cc1c(C#N)cccc1[C@@H](N)Nc1nnc(C)c2ccc(N3CCN4CCC[C@@H]4C3)cc12. The highest BCUT2D eigenvalue weighted by Gasteiger charge is 2.30. The maximum atomic E-state index is 9.36. The first kappa shape index (κ1) is 20.7. The van der Waals surface area contributed by atoms with Gasteiger partial charge in [0, 0.05) is 42.1 Å². The molecule has 3 aromatic rings. The van der Waals surface area contributed by atoms with Crippen LogP contribution < -0.4 is 16.0 Å². The van der Waals surface area contributed by atoms with Crippen molar-refractivity contribution in [2.75, 3.05) is 36.4 Å². The van der Waals surface area contributed by atoms with Crippen molar-refractivity contribution in [2.45, 2.75) is 38.9 Å². The highest BCUT2D eigenvalue weighted by molar-refractivity contribution is 5.95. The van der Waals surface area contributed by atoms with Crippen molar-refractivity contribution in [1.29, 1.82) is 5.26 Å². The summed E-state index contributed by atoms with van der Waals surface area (Å²) in [6.45, 7) is 8.39. The van der Waals surface area contributed by atoms with E-state index in [1.807, 2.05) is 32.0 Å². The van der Waals surface area contributed by atoms with Crippen LogP contribution in [-0.2, 0) is 0 Å². The van der Waals surface area contributed by atoms with Crippen molar-refractivity contribution in [3.8, 4) is 6.07 Å². The molecular weight excluding hydrogens is 398 g/mol. The number of nitrogens with one attached hydrogen (secondary N) is 1. The number of piperazine rings is 1. The van der Waals surface area contributed by atoms with E-state index in [-0.39, 0.29) is 0 Å². The minimum absolute atomic E-state index is 0.491. The van der Waals surface area contributed by atoms with E-state index >= 15 is 0 Å². The fraction of sp³-hybridized carbons (Fsp3) is 0.400. The Morgan fingerprint density at radius 3 is 2.84 bits per heavy atom. The molecule has 5 rings (SSSR count). The van der Waals surface area contributed by atoms with E-state index in [1.165, 1.54) is 25.1 Å². The molecule has 1 aromatic heterocycles. The third kappa shape index (κ3) is 3.66. The average Bonchev–Trinajstić information content (AvgIpc) is 3.29. The molecule has 0 unspecified atom stereocenters. The van der Waals surface area contributed by atoms with Crippen LogP contribution in [-0.4, -0.2) is 47.3 Å². The smallest absolute Gasteiger partial charge is 0.158 e. The van der Waals surface area contributed by atoms with Crippen LogP contribution in [0.4, 0.5) is 11.5 Å². The third-order valence-corrected chi connectivity index (χ3v) is 7.02. The van der Waals surface area contributed by atoms with Crippen molar-refractivity contribution in [1.82, 2.24) is 15.1 Å². The summed E-state index contributed by atoms with van der Waals surface area (Å²) in [7, 11) is 0. The highest BCUT2D eigenvalue weighted by Crippen LogP contribution is 2.32. The zero-order chi connectivity index (χ0) is 22.2. The van der Waals surface area contributed by atoms with Gasteiger partial charge in [-0.05, 0) is 62.6 Å². The van der Waals surface area contributed by atoms with E-state index < -0.39 is 6.17 Å². The molecule has 3 heterocycles. The summed E-state index contributed by atoms with van der Waals surface area (Å²) in [5, 5.41) is 23.6. The van der Waals surface area contributed by atoms with Crippen molar-refractivity contribution in [3.63, 3.8) is 0 Å². The topological polar surface area (TPSA) is 94.1 Å². The van der Waals surface area contributed by atoms with Gasteiger partial charge in [0.25, 0.3) is 0 Å². The molecule has 0 amide bonds. The molecule has 0 spiro atoms. The molecular formula is C25H29N7. The molecule has 2 aliphatic heterocycles. The van der Waals surface area contributed by atoms with Gasteiger partial charge in [-0.2, -0.15) is 10.4 Å². The molecule has 164 valence electrons. The van der Waals surface area contributed by atoms with Crippen LogP contribution in [0.25, 0.3) is 10.8 Å². The van der Waals surface area contributed by atoms with Gasteiger partial charge in [0.05, 0.1) is 17.3 Å². The Kier molecular flexibility index (Phi) is 5.41. The van der Waals surface area contributed by atoms with Crippen LogP contribution >= 0.6 is 0 Å². The van der Waals surface area contributed by atoms with E-state index in [9.17, 15) is 5.26 Å². The highest BCUT2D eigenvalue weighted by atomic mass is 15.3. The average molecular weight is 428 g/mol. The molecule has 0 aliphatic carbocycles. The minimum atomic E-state index is -0.491. The Morgan fingerprint density at radius 2 is 2.00 bits per heavy atom. The number of aromatic nitrogens is 2. The largest absolute Gasteiger partial charge is 0.369 e. The summed E-state index contributed by atoms with van der Waals surface area (Å²) < 4.78 is 0. The summed E-state index contributed by atoms with van der Waals surface area (Å²) in [6.07, 6.45) is 2.11. The number of rotatable bonds is 4. The first-order chi connectivity index (χ1) is 15.5. The van der Waals surface area contributed by atoms with Gasteiger partial charge in [0.1, 0.15) is 6.17 Å². The monoisotopic (exact) mass is 427 g/mol. The van der Waals surface area contributed by atoms with E-state index in [4.69, 9.17) is 5.73 Å². The summed E-state index contributed by atoms with van der Waals surface area (Å²) in [5.74, 6) is 0.668. The first-order valence-corrected chi connectivity index (χ1v) is 11.3. The number of benzene rings is 2. The van der Waals surface area contributed by atoms with E-state index in [0.717, 1.165) is 47.2 Å². The van der Waals surface area contributed by atoms with Gasteiger partial charge < -0.3 is 16.0 Å². The number of nitrogens with two attached hydrogens (primary N) is 1. The molecule has 2 atom stereocenters. The molecule has 7 nitrogen and oxygen atoms in total. The lowest BCUT2D eigenvalue weighted by molar-refractivity contribution is 0.231. The number of fused-ring (bicyclic) bond motifs is 2. The van der Waals surface area contributed by atoms with Gasteiger partial charge in [0.15, 0.2) is 5.82 Å². The quantitative estimate of drug-likeness (QED) is 0.616. The summed E-state index contributed by atoms with van der Waals surface area (Å²) in [6, 6.07) is 15.1. The van der Waals surface area contributed by atoms with Crippen molar-refractivity contribution in [3.05, 3.63) is 58.8 Å². The molecule has 2 aliphatic rings. The first-order valence-electron chi connectivity index (χ1n) is 11.3. The second kappa shape index (κ2) is 8.38. The van der Waals surface area contributed by atoms with Crippen molar-refractivity contribution >= 4 is 22.3 Å². The van der Waals surface area contributed by atoms with Gasteiger partial charge >= 0.3 is 0 Å². The molecule has 0 radical (unpaired) electrons. The van der Waals surface area contributed by atoms with E-state index in [2.05, 4.69) is 49.6 Å². The maximum absolute atomic E-state index is 9.36. The summed E-state index contributed by atoms with van der Waals surface area (Å²) in [5.41, 5.74) is 11.0. The maximum Gasteiger partial charge on any atom is 0.158 e. The fourth-order valence-electron chi connectivity index (χ4n) is 5.14. The van der Waals surface area contributed by atoms with Crippen LogP contribution in [0.15, 0.2) is 36.4 Å². The second-order valence-corrected chi connectivity index (χ2v) is 8.90. The summed E-state index contributed by atoms with van der Waals surface area (Å²) in [4.78, 5) is 5.11. The second-order valence-electron chi connectivity index (χ2n) is 8.90. The van der Waals surface area contributed by atoms with Crippen LogP contribution in [0.5, 0.6) is 0 Å². The van der Waals surface area contributed by atoms with Crippen LogP contribution in [0.3, 0.4) is 0 Å². The molecule has 7 heteroatoms. The zero-order valence-electron chi connectivity index (χ0n) is 18.7. The lowest BCUT2D eigenvalue weighted by atomic mass is 10.0. The van der Waals surface area contributed by atoms with Gasteiger partial charge in [0.2, 0.25) is 0 Å². The third-order valence-electron chi connectivity index (χ3n) is 7.02. The number of anilines is 2. The van der Waals surface area contributed by atoms with Crippen LogP contribution in [0.1, 0.15) is 41.4 Å². The van der Waals surface area contributed by atoms with Gasteiger partial charge in [-0.1, -0.05) is 18.2 Å². The Balaban J connectivity index is 1.47. The predicted molar refractivity (Wildman–Crippen MR) is 128 cm³/mol. The Morgan fingerprint density at radius 1 is 1.12 bits per heavy atom. The number of nitriles is 1. The minimum Gasteiger partial charge on any atom is -0.369 e. The number of aryl methyl sites for hydroxylation is 1. The van der Waals surface area contributed by atoms with Crippen LogP contribution in [0.2, 0.25) is 0 Å². The fourth-order valence-corrected chi connectivity index (χ4v) is 5.14. The molecule has 32 heavy (non-hydrogen) atoms.